The van der Waals surface area contributed by atoms with Gasteiger partial charge in [0.25, 0.3) is 0 Å². The van der Waals surface area contributed by atoms with Crippen molar-refractivity contribution in [2.24, 2.45) is 5.92 Å². The van der Waals surface area contributed by atoms with E-state index in [1.807, 2.05) is 25.3 Å². The Bertz CT molecular complexity index is 647. The fraction of sp³-hybridized carbons (Fsp3) is 0.474. The van der Waals surface area contributed by atoms with Crippen molar-refractivity contribution < 1.29 is 4.79 Å². The summed E-state index contributed by atoms with van der Waals surface area (Å²) in [7, 11) is 0. The number of rotatable bonds is 5. The first-order valence-corrected chi connectivity index (χ1v) is 9.41. The van der Waals surface area contributed by atoms with Crippen LogP contribution in [0.1, 0.15) is 37.3 Å². The zero-order chi connectivity index (χ0) is 17.0. The second-order valence-corrected chi connectivity index (χ2v) is 7.88. The summed E-state index contributed by atoms with van der Waals surface area (Å²) in [5.74, 6) is 0.269. The number of piperidine rings is 1. The zero-order valence-electron chi connectivity index (χ0n) is 14.4. The second kappa shape index (κ2) is 7.45. The van der Waals surface area contributed by atoms with E-state index >= 15 is 0 Å². The first-order valence-electron chi connectivity index (χ1n) is 8.53. The molecule has 0 aliphatic carbocycles. The highest BCUT2D eigenvalue weighted by Crippen LogP contribution is 2.25. The van der Waals surface area contributed by atoms with E-state index in [4.69, 9.17) is 0 Å². The molecule has 2 heterocycles. The molecule has 1 aliphatic heterocycles. The van der Waals surface area contributed by atoms with E-state index in [1.165, 1.54) is 5.56 Å². The highest BCUT2D eigenvalue weighted by atomic mass is 32.1. The Balaban J connectivity index is 1.50. The van der Waals surface area contributed by atoms with E-state index in [1.54, 1.807) is 17.5 Å². The van der Waals surface area contributed by atoms with Crippen LogP contribution in [0, 0.1) is 5.92 Å². The van der Waals surface area contributed by atoms with Crippen molar-refractivity contribution in [3.05, 3.63) is 52.5 Å². The summed E-state index contributed by atoms with van der Waals surface area (Å²) < 4.78 is 0. The Kier molecular flexibility index (Phi) is 5.31. The number of aromatic nitrogens is 1. The molecule has 1 aromatic heterocycles. The van der Waals surface area contributed by atoms with Crippen LogP contribution >= 0.6 is 11.3 Å². The van der Waals surface area contributed by atoms with Crippen LogP contribution in [0.15, 0.2) is 41.9 Å². The van der Waals surface area contributed by atoms with Gasteiger partial charge < -0.3 is 5.32 Å². The molecule has 1 fully saturated rings. The average molecular weight is 343 g/mol. The number of hydrogen-bond acceptors (Lipinski definition) is 4. The summed E-state index contributed by atoms with van der Waals surface area (Å²) in [5, 5.41) is 6.09. The number of benzene rings is 1. The van der Waals surface area contributed by atoms with Gasteiger partial charge in [0.05, 0.1) is 5.54 Å². The van der Waals surface area contributed by atoms with Gasteiger partial charge in [0.15, 0.2) is 0 Å². The minimum atomic E-state index is -0.396. The molecule has 1 amide bonds. The molecule has 0 saturated carbocycles. The molecule has 0 spiro atoms. The monoisotopic (exact) mass is 343 g/mol. The molecule has 2 aromatic rings. The maximum atomic E-state index is 12.6. The third-order valence-electron chi connectivity index (χ3n) is 4.61. The number of amides is 1. The average Bonchev–Trinajstić information content (AvgIpc) is 3.11. The van der Waals surface area contributed by atoms with Gasteiger partial charge in [-0.3, -0.25) is 9.69 Å². The number of nitrogens with one attached hydrogen (secondary N) is 1. The molecule has 128 valence electrons. The summed E-state index contributed by atoms with van der Waals surface area (Å²) in [4.78, 5) is 19.4. The van der Waals surface area contributed by atoms with Crippen LogP contribution in [0.3, 0.4) is 0 Å². The Labute approximate surface area is 147 Å². The van der Waals surface area contributed by atoms with Gasteiger partial charge >= 0.3 is 0 Å². The van der Waals surface area contributed by atoms with Gasteiger partial charge in [0, 0.05) is 24.0 Å². The van der Waals surface area contributed by atoms with Gasteiger partial charge in [-0.25, -0.2) is 4.98 Å². The lowest BCUT2D eigenvalue weighted by atomic mass is 9.94. The Morgan fingerprint density at radius 3 is 2.62 bits per heavy atom. The first kappa shape index (κ1) is 17.1. The lowest BCUT2D eigenvalue weighted by Gasteiger charge is -2.33. The van der Waals surface area contributed by atoms with E-state index in [9.17, 15) is 4.79 Å². The van der Waals surface area contributed by atoms with Crippen LogP contribution < -0.4 is 5.32 Å². The number of nitrogens with zero attached hydrogens (tertiary/aromatic N) is 2. The summed E-state index contributed by atoms with van der Waals surface area (Å²) in [5.41, 5.74) is 0.942. The highest BCUT2D eigenvalue weighted by Gasteiger charge is 2.31. The summed E-state index contributed by atoms with van der Waals surface area (Å²) >= 11 is 1.59. The summed E-state index contributed by atoms with van der Waals surface area (Å²) in [6.07, 6.45) is 3.63. The van der Waals surface area contributed by atoms with Crippen LogP contribution in [0.2, 0.25) is 0 Å². The minimum Gasteiger partial charge on any atom is -0.344 e. The van der Waals surface area contributed by atoms with E-state index in [-0.39, 0.29) is 11.8 Å². The van der Waals surface area contributed by atoms with Crippen molar-refractivity contribution >= 4 is 17.2 Å². The molecule has 1 aliphatic rings. The smallest absolute Gasteiger partial charge is 0.223 e. The van der Waals surface area contributed by atoms with Crippen molar-refractivity contribution in [3.63, 3.8) is 0 Å². The van der Waals surface area contributed by atoms with Crippen molar-refractivity contribution in [2.45, 2.75) is 38.8 Å². The Morgan fingerprint density at radius 2 is 2.00 bits per heavy atom. The predicted molar refractivity (Wildman–Crippen MR) is 97.7 cm³/mol. The van der Waals surface area contributed by atoms with Gasteiger partial charge in [-0.2, -0.15) is 0 Å². The fourth-order valence-electron chi connectivity index (χ4n) is 3.19. The molecule has 0 bridgehead atoms. The Morgan fingerprint density at radius 1 is 1.29 bits per heavy atom. The fourth-order valence-corrected chi connectivity index (χ4v) is 3.91. The normalized spacial score (nSPS) is 16.9. The lowest BCUT2D eigenvalue weighted by molar-refractivity contribution is -0.128. The van der Waals surface area contributed by atoms with Gasteiger partial charge in [0.2, 0.25) is 5.91 Å². The molecular weight excluding hydrogens is 318 g/mol. The summed E-state index contributed by atoms with van der Waals surface area (Å²) in [6.45, 7) is 6.97. The van der Waals surface area contributed by atoms with Crippen LogP contribution in [0.4, 0.5) is 0 Å². The third kappa shape index (κ3) is 4.22. The molecule has 5 heteroatoms. The van der Waals surface area contributed by atoms with E-state index in [0.717, 1.165) is 37.5 Å². The van der Waals surface area contributed by atoms with Crippen LogP contribution in [0.25, 0.3) is 0 Å². The molecule has 1 aromatic carbocycles. The number of hydrogen-bond donors (Lipinski definition) is 1. The molecule has 0 radical (unpaired) electrons. The highest BCUT2D eigenvalue weighted by molar-refractivity contribution is 7.09. The van der Waals surface area contributed by atoms with Crippen LogP contribution in [-0.4, -0.2) is 28.9 Å². The largest absolute Gasteiger partial charge is 0.344 e. The molecule has 0 atom stereocenters. The van der Waals surface area contributed by atoms with E-state index < -0.39 is 5.54 Å². The van der Waals surface area contributed by atoms with E-state index in [2.05, 4.69) is 39.5 Å². The van der Waals surface area contributed by atoms with Crippen LogP contribution in [-0.2, 0) is 16.9 Å². The lowest BCUT2D eigenvalue weighted by Crippen LogP contribution is -2.46. The van der Waals surface area contributed by atoms with Crippen LogP contribution in [0.5, 0.6) is 0 Å². The molecule has 0 unspecified atom stereocenters. The maximum Gasteiger partial charge on any atom is 0.223 e. The van der Waals surface area contributed by atoms with Gasteiger partial charge in [-0.1, -0.05) is 30.3 Å². The SMILES string of the molecule is CC(C)(NC(=O)C1CCN(Cc2ccccc2)CC1)c1nccs1. The number of thiazole rings is 1. The van der Waals surface area contributed by atoms with Crippen molar-refractivity contribution in [3.8, 4) is 0 Å². The van der Waals surface area contributed by atoms with E-state index in [0.29, 0.717) is 0 Å². The Hall–Kier alpha value is -1.72. The van der Waals surface area contributed by atoms with Crippen molar-refractivity contribution in [2.75, 3.05) is 13.1 Å². The molecule has 1 N–H and O–H groups in total. The van der Waals surface area contributed by atoms with Crippen molar-refractivity contribution in [1.82, 2.24) is 15.2 Å². The number of carbonyl (C=O) groups excluding carboxylic acids is 1. The predicted octanol–water partition coefficient (Wildman–Crippen LogP) is 3.41. The quantitative estimate of drug-likeness (QED) is 0.905. The topological polar surface area (TPSA) is 45.2 Å². The molecule has 24 heavy (non-hydrogen) atoms. The molecular formula is C19H25N3OS. The van der Waals surface area contributed by atoms with Gasteiger partial charge in [-0.05, 0) is 45.3 Å². The van der Waals surface area contributed by atoms with Gasteiger partial charge in [0.1, 0.15) is 5.01 Å². The van der Waals surface area contributed by atoms with Crippen molar-refractivity contribution in [1.29, 1.82) is 0 Å². The standard InChI is InChI=1S/C19H25N3OS/c1-19(2,18-20-10-13-24-18)21-17(23)16-8-11-22(12-9-16)14-15-6-4-3-5-7-15/h3-7,10,13,16H,8-9,11-12,14H2,1-2H3,(H,21,23). The molecule has 1 saturated heterocycles. The third-order valence-corrected chi connectivity index (χ3v) is 5.71. The first-order chi connectivity index (χ1) is 11.5. The van der Waals surface area contributed by atoms with Gasteiger partial charge in [-0.15, -0.1) is 11.3 Å². The minimum absolute atomic E-state index is 0.108. The number of likely N-dealkylation sites (tertiary alicyclic amines) is 1. The number of carbonyl (C=O) groups is 1. The molecule has 3 rings (SSSR count). The maximum absolute atomic E-state index is 12.6. The zero-order valence-corrected chi connectivity index (χ0v) is 15.2. The second-order valence-electron chi connectivity index (χ2n) is 6.99. The summed E-state index contributed by atoms with van der Waals surface area (Å²) in [6, 6.07) is 10.5. The molecule has 4 nitrogen and oxygen atoms in total.